The Hall–Kier alpha value is -1.02. The maximum atomic E-state index is 2.46. The maximum absolute atomic E-state index is 2.46. The smallest absolute Gasteiger partial charge is 0.0518 e. The second-order valence-electron chi connectivity index (χ2n) is 4.52. The van der Waals surface area contributed by atoms with Gasteiger partial charge in [0.25, 0.3) is 0 Å². The van der Waals surface area contributed by atoms with Crippen LogP contribution in [0.4, 0.5) is 5.69 Å². The van der Waals surface area contributed by atoms with Crippen LogP contribution in [0.1, 0.15) is 39.5 Å². The molecule has 1 aromatic carbocycles. The molecule has 0 bridgehead atoms. The van der Waals surface area contributed by atoms with Crippen molar-refractivity contribution >= 4 is 5.69 Å². The Morgan fingerprint density at radius 1 is 0.882 bits per heavy atom. The number of anilines is 1. The fourth-order valence-electron chi connectivity index (χ4n) is 1.90. The van der Waals surface area contributed by atoms with Gasteiger partial charge >= 0.3 is 0 Å². The predicted octanol–water partition coefficient (Wildman–Crippen LogP) is 3.94. The van der Waals surface area contributed by atoms with Gasteiger partial charge in [-0.25, -0.2) is 5.01 Å². The fourth-order valence-corrected chi connectivity index (χ4v) is 1.90. The van der Waals surface area contributed by atoms with Crippen LogP contribution in [-0.2, 0) is 0 Å². The van der Waals surface area contributed by atoms with Crippen molar-refractivity contribution in [2.75, 3.05) is 25.1 Å². The number of nitrogens with zero attached hydrogens (tertiary/aromatic N) is 2. The molecule has 0 N–H and O–H groups in total. The van der Waals surface area contributed by atoms with Crippen molar-refractivity contribution < 1.29 is 0 Å². The Kier molecular flexibility index (Phi) is 6.71. The lowest BCUT2D eigenvalue weighted by Gasteiger charge is -2.33. The standard InChI is InChI=1S/C15H26N2/c1-4-6-13-17(14-7-5-2)16(3)15-11-9-8-10-12-15/h8-12H,4-7,13-14H2,1-3H3. The van der Waals surface area contributed by atoms with Gasteiger partial charge in [-0.3, -0.25) is 0 Å². The summed E-state index contributed by atoms with van der Waals surface area (Å²) in [5, 5.41) is 4.76. The molecule has 2 heteroatoms. The van der Waals surface area contributed by atoms with Gasteiger partial charge in [-0.05, 0) is 25.0 Å². The maximum Gasteiger partial charge on any atom is 0.0518 e. The number of para-hydroxylation sites is 1. The van der Waals surface area contributed by atoms with Gasteiger partial charge in [0.15, 0.2) is 0 Å². The first-order chi connectivity index (χ1) is 8.29. The van der Waals surface area contributed by atoms with Gasteiger partial charge in [-0.1, -0.05) is 44.9 Å². The largest absolute Gasteiger partial charge is 0.309 e. The van der Waals surface area contributed by atoms with Crippen LogP contribution in [0.25, 0.3) is 0 Å². The molecule has 0 aliphatic rings. The van der Waals surface area contributed by atoms with Crippen molar-refractivity contribution in [3.8, 4) is 0 Å². The minimum atomic E-state index is 1.15. The molecule has 0 aliphatic heterocycles. The molecule has 96 valence electrons. The van der Waals surface area contributed by atoms with E-state index in [1.165, 1.54) is 31.4 Å². The van der Waals surface area contributed by atoms with E-state index in [0.29, 0.717) is 0 Å². The molecule has 0 heterocycles. The molecule has 17 heavy (non-hydrogen) atoms. The normalized spacial score (nSPS) is 10.8. The number of hydrogen-bond acceptors (Lipinski definition) is 2. The molecule has 0 amide bonds. The van der Waals surface area contributed by atoms with Crippen molar-refractivity contribution in [1.82, 2.24) is 5.01 Å². The fraction of sp³-hybridized carbons (Fsp3) is 0.600. The van der Waals surface area contributed by atoms with Gasteiger partial charge in [0, 0.05) is 20.1 Å². The van der Waals surface area contributed by atoms with Crippen LogP contribution >= 0.6 is 0 Å². The van der Waals surface area contributed by atoms with Crippen LogP contribution in [0.15, 0.2) is 30.3 Å². The van der Waals surface area contributed by atoms with Gasteiger partial charge in [-0.2, -0.15) is 0 Å². The van der Waals surface area contributed by atoms with E-state index in [0.717, 1.165) is 13.1 Å². The van der Waals surface area contributed by atoms with Crippen LogP contribution < -0.4 is 5.01 Å². The minimum absolute atomic E-state index is 1.15. The van der Waals surface area contributed by atoms with Crippen LogP contribution in [0.5, 0.6) is 0 Å². The highest BCUT2D eigenvalue weighted by Gasteiger charge is 2.10. The molecular formula is C15H26N2. The van der Waals surface area contributed by atoms with E-state index < -0.39 is 0 Å². The van der Waals surface area contributed by atoms with Gasteiger partial charge in [0.1, 0.15) is 0 Å². The van der Waals surface area contributed by atoms with Crippen molar-refractivity contribution in [1.29, 1.82) is 0 Å². The number of unbranched alkanes of at least 4 members (excludes halogenated alkanes) is 2. The van der Waals surface area contributed by atoms with E-state index in [1.807, 2.05) is 0 Å². The van der Waals surface area contributed by atoms with E-state index in [4.69, 9.17) is 0 Å². The summed E-state index contributed by atoms with van der Waals surface area (Å²) in [5.41, 5.74) is 1.28. The lowest BCUT2D eigenvalue weighted by Crippen LogP contribution is -2.41. The topological polar surface area (TPSA) is 6.48 Å². The van der Waals surface area contributed by atoms with Gasteiger partial charge < -0.3 is 5.01 Å². The van der Waals surface area contributed by atoms with Gasteiger partial charge in [0.2, 0.25) is 0 Å². The van der Waals surface area contributed by atoms with E-state index in [2.05, 4.69) is 61.2 Å². The van der Waals surface area contributed by atoms with E-state index >= 15 is 0 Å². The molecule has 0 aliphatic carbocycles. The zero-order valence-corrected chi connectivity index (χ0v) is 11.5. The summed E-state index contributed by atoms with van der Waals surface area (Å²) in [4.78, 5) is 0. The Bertz CT molecular complexity index is 276. The quantitative estimate of drug-likeness (QED) is 0.629. The Balaban J connectivity index is 2.61. The van der Waals surface area contributed by atoms with Crippen LogP contribution in [-0.4, -0.2) is 25.1 Å². The van der Waals surface area contributed by atoms with Crippen molar-refractivity contribution in [3.05, 3.63) is 30.3 Å². The summed E-state index contributed by atoms with van der Waals surface area (Å²) in [6, 6.07) is 10.6. The van der Waals surface area contributed by atoms with Crippen molar-refractivity contribution in [2.24, 2.45) is 0 Å². The summed E-state index contributed by atoms with van der Waals surface area (Å²) < 4.78 is 0. The highest BCUT2D eigenvalue weighted by Crippen LogP contribution is 2.14. The molecule has 0 aromatic heterocycles. The monoisotopic (exact) mass is 234 g/mol. The van der Waals surface area contributed by atoms with Crippen LogP contribution in [0.2, 0.25) is 0 Å². The van der Waals surface area contributed by atoms with Crippen LogP contribution in [0.3, 0.4) is 0 Å². The average Bonchev–Trinajstić information content (AvgIpc) is 2.39. The molecule has 0 saturated carbocycles. The van der Waals surface area contributed by atoms with Crippen molar-refractivity contribution in [3.63, 3.8) is 0 Å². The first kappa shape index (κ1) is 14.0. The third-order valence-corrected chi connectivity index (χ3v) is 3.09. The van der Waals surface area contributed by atoms with Gasteiger partial charge in [0.05, 0.1) is 5.69 Å². The third kappa shape index (κ3) is 4.78. The predicted molar refractivity (Wildman–Crippen MR) is 76.2 cm³/mol. The molecular weight excluding hydrogens is 208 g/mol. The highest BCUT2D eigenvalue weighted by atomic mass is 15.6. The average molecular weight is 234 g/mol. The van der Waals surface area contributed by atoms with E-state index in [1.54, 1.807) is 0 Å². The number of hydrogen-bond donors (Lipinski definition) is 0. The Morgan fingerprint density at radius 2 is 1.41 bits per heavy atom. The van der Waals surface area contributed by atoms with Gasteiger partial charge in [-0.15, -0.1) is 0 Å². The zero-order chi connectivity index (χ0) is 12.5. The summed E-state index contributed by atoms with van der Waals surface area (Å²) >= 11 is 0. The number of rotatable bonds is 8. The lowest BCUT2D eigenvalue weighted by atomic mass is 10.3. The summed E-state index contributed by atoms with van der Waals surface area (Å²) in [7, 11) is 2.17. The minimum Gasteiger partial charge on any atom is -0.309 e. The lowest BCUT2D eigenvalue weighted by molar-refractivity contribution is 0.256. The summed E-state index contributed by atoms with van der Waals surface area (Å²) in [6.45, 7) is 6.81. The van der Waals surface area contributed by atoms with Crippen LogP contribution in [0, 0.1) is 0 Å². The molecule has 0 atom stereocenters. The molecule has 0 radical (unpaired) electrons. The van der Waals surface area contributed by atoms with E-state index in [-0.39, 0.29) is 0 Å². The highest BCUT2D eigenvalue weighted by molar-refractivity contribution is 5.43. The molecule has 0 saturated heterocycles. The Morgan fingerprint density at radius 3 is 1.88 bits per heavy atom. The molecule has 2 nitrogen and oxygen atoms in total. The number of benzene rings is 1. The van der Waals surface area contributed by atoms with E-state index in [9.17, 15) is 0 Å². The third-order valence-electron chi connectivity index (χ3n) is 3.09. The van der Waals surface area contributed by atoms with Crippen molar-refractivity contribution in [2.45, 2.75) is 39.5 Å². The molecule has 1 rings (SSSR count). The molecule has 0 unspecified atom stereocenters. The summed E-state index contributed by atoms with van der Waals surface area (Å²) in [5.74, 6) is 0. The Labute approximate surface area is 106 Å². The molecule has 1 aromatic rings. The number of hydrazine groups is 1. The first-order valence-corrected chi connectivity index (χ1v) is 6.83. The zero-order valence-electron chi connectivity index (χ0n) is 11.5. The second-order valence-corrected chi connectivity index (χ2v) is 4.52. The SMILES string of the molecule is CCCCN(CCCC)N(C)c1ccccc1. The first-order valence-electron chi connectivity index (χ1n) is 6.83. The molecule has 0 fully saturated rings. The summed E-state index contributed by atoms with van der Waals surface area (Å²) in [6.07, 6.45) is 5.04. The molecule has 0 spiro atoms. The second kappa shape index (κ2) is 8.13.